The second kappa shape index (κ2) is 4.43. The van der Waals surface area contributed by atoms with Gasteiger partial charge in [-0.1, -0.05) is 31.9 Å². The highest BCUT2D eigenvalue weighted by molar-refractivity contribution is 5.74. The van der Waals surface area contributed by atoms with E-state index >= 15 is 0 Å². The van der Waals surface area contributed by atoms with Crippen LogP contribution in [0.4, 0.5) is 5.69 Å². The Morgan fingerprint density at radius 1 is 1.38 bits per heavy atom. The molecule has 0 aromatic heterocycles. The smallest absolute Gasteiger partial charge is 0.145 e. The topological polar surface area (TPSA) is 63.1 Å². The summed E-state index contributed by atoms with van der Waals surface area (Å²) in [5.74, 6) is 0. The minimum Gasteiger partial charge on any atom is -0.399 e. The Balaban J connectivity index is 2.33. The van der Waals surface area contributed by atoms with Crippen LogP contribution < -0.4 is 5.73 Å². The fourth-order valence-corrected chi connectivity index (χ4v) is 1.90. The van der Waals surface area contributed by atoms with E-state index in [9.17, 15) is 0 Å². The average molecular weight is 216 g/mol. The Morgan fingerprint density at radius 3 is 2.88 bits per heavy atom. The van der Waals surface area contributed by atoms with Crippen LogP contribution in [0, 0.1) is 0 Å². The van der Waals surface area contributed by atoms with E-state index in [1.165, 1.54) is 0 Å². The van der Waals surface area contributed by atoms with E-state index in [2.05, 4.69) is 22.4 Å². The Labute approximate surface area is 95.3 Å². The molecule has 2 N–H and O–H groups in total. The minimum absolute atomic E-state index is 0.384. The molecule has 1 atom stereocenters. The summed E-state index contributed by atoms with van der Waals surface area (Å²) in [6, 6.07) is 7.80. The molecule has 16 heavy (non-hydrogen) atoms. The fraction of sp³-hybridized carbons (Fsp3) is 0.417. The van der Waals surface area contributed by atoms with E-state index in [4.69, 9.17) is 5.73 Å². The predicted molar refractivity (Wildman–Crippen MR) is 65.4 cm³/mol. The largest absolute Gasteiger partial charge is 0.399 e. The zero-order chi connectivity index (χ0) is 11.4. The van der Waals surface area contributed by atoms with Gasteiger partial charge >= 0.3 is 0 Å². The normalized spacial score (nSPS) is 22.8. The maximum atomic E-state index is 5.80. The molecule has 1 aliphatic rings. The van der Waals surface area contributed by atoms with Crippen molar-refractivity contribution >= 4 is 11.9 Å². The molecular formula is C12H16N4. The van der Waals surface area contributed by atoms with Crippen LogP contribution in [0.3, 0.4) is 0 Å². The molecule has 0 saturated heterocycles. The van der Waals surface area contributed by atoms with E-state index < -0.39 is 0 Å². The van der Waals surface area contributed by atoms with Gasteiger partial charge in [0, 0.05) is 5.69 Å². The van der Waals surface area contributed by atoms with Crippen LogP contribution in [0.5, 0.6) is 0 Å². The molecule has 1 aliphatic heterocycles. The van der Waals surface area contributed by atoms with Crippen molar-refractivity contribution in [3.63, 3.8) is 0 Å². The van der Waals surface area contributed by atoms with E-state index in [-0.39, 0.29) is 5.54 Å². The van der Waals surface area contributed by atoms with E-state index in [1.54, 1.807) is 0 Å². The maximum absolute atomic E-state index is 5.80. The summed E-state index contributed by atoms with van der Waals surface area (Å²) in [6.07, 6.45) is 4.98. The Morgan fingerprint density at radius 2 is 2.25 bits per heavy atom. The van der Waals surface area contributed by atoms with Crippen molar-refractivity contribution in [3.05, 3.63) is 29.8 Å². The molecule has 0 radical (unpaired) electrons. The van der Waals surface area contributed by atoms with Gasteiger partial charge in [0.2, 0.25) is 0 Å². The zero-order valence-electron chi connectivity index (χ0n) is 9.43. The van der Waals surface area contributed by atoms with E-state index in [0.29, 0.717) is 0 Å². The lowest BCUT2D eigenvalue weighted by Crippen LogP contribution is -2.23. The maximum Gasteiger partial charge on any atom is 0.145 e. The van der Waals surface area contributed by atoms with Gasteiger partial charge in [0.25, 0.3) is 0 Å². The molecule has 4 nitrogen and oxygen atoms in total. The van der Waals surface area contributed by atoms with Crippen molar-refractivity contribution in [2.75, 3.05) is 5.73 Å². The molecule has 1 heterocycles. The molecule has 0 amide bonds. The van der Waals surface area contributed by atoms with Gasteiger partial charge in [0.1, 0.15) is 5.54 Å². The lowest BCUT2D eigenvalue weighted by Gasteiger charge is -2.21. The summed E-state index contributed by atoms with van der Waals surface area (Å²) in [5.41, 5.74) is 7.24. The Hall–Kier alpha value is -1.71. The molecule has 1 aromatic rings. The van der Waals surface area contributed by atoms with Crippen molar-refractivity contribution in [2.45, 2.75) is 31.7 Å². The van der Waals surface area contributed by atoms with Crippen LogP contribution in [0.1, 0.15) is 31.7 Å². The van der Waals surface area contributed by atoms with Gasteiger partial charge in [-0.15, -0.1) is 5.10 Å². The molecule has 0 saturated carbocycles. The van der Waals surface area contributed by atoms with Crippen molar-refractivity contribution in [3.8, 4) is 0 Å². The monoisotopic (exact) mass is 216 g/mol. The van der Waals surface area contributed by atoms with Gasteiger partial charge in [0.15, 0.2) is 0 Å². The summed E-state index contributed by atoms with van der Waals surface area (Å²) < 4.78 is 0. The first-order chi connectivity index (χ1) is 7.77. The summed E-state index contributed by atoms with van der Waals surface area (Å²) in [6.45, 7) is 2.16. The van der Waals surface area contributed by atoms with Crippen molar-refractivity contribution in [1.82, 2.24) is 0 Å². The summed E-state index contributed by atoms with van der Waals surface area (Å²) >= 11 is 0. The van der Waals surface area contributed by atoms with Crippen LogP contribution in [-0.2, 0) is 5.54 Å². The Bertz CT molecular complexity index is 411. The summed E-state index contributed by atoms with van der Waals surface area (Å²) in [4.78, 5) is 0. The van der Waals surface area contributed by atoms with Gasteiger partial charge < -0.3 is 5.73 Å². The predicted octanol–water partition coefficient (Wildman–Crippen LogP) is 3.11. The number of anilines is 1. The number of rotatable bonds is 4. The number of hydrogen-bond donors (Lipinski definition) is 1. The minimum atomic E-state index is -0.384. The van der Waals surface area contributed by atoms with E-state index in [0.717, 1.165) is 30.5 Å². The third-order valence-electron chi connectivity index (χ3n) is 2.84. The molecule has 0 fully saturated rings. The third-order valence-corrected chi connectivity index (χ3v) is 2.84. The summed E-state index contributed by atoms with van der Waals surface area (Å²) in [7, 11) is 0. The molecule has 0 aliphatic carbocycles. The first-order valence-corrected chi connectivity index (χ1v) is 5.59. The number of nitrogens with two attached hydrogens (primary N) is 1. The van der Waals surface area contributed by atoms with Gasteiger partial charge in [0.05, 0.1) is 6.21 Å². The fourth-order valence-electron chi connectivity index (χ4n) is 1.90. The molecule has 0 spiro atoms. The van der Waals surface area contributed by atoms with Crippen LogP contribution in [0.2, 0.25) is 0 Å². The molecule has 84 valence electrons. The SMILES string of the molecule is CCCCC1(c2cccc(N)c2)C=NN=N1. The molecule has 4 heteroatoms. The first kappa shape index (κ1) is 10.8. The highest BCUT2D eigenvalue weighted by Crippen LogP contribution is 2.33. The Kier molecular flexibility index (Phi) is 2.99. The summed E-state index contributed by atoms with van der Waals surface area (Å²) in [5, 5.41) is 11.9. The first-order valence-electron chi connectivity index (χ1n) is 5.59. The van der Waals surface area contributed by atoms with Gasteiger partial charge in [-0.2, -0.15) is 5.11 Å². The number of hydrogen-bond acceptors (Lipinski definition) is 4. The second-order valence-corrected chi connectivity index (χ2v) is 4.09. The van der Waals surface area contributed by atoms with Crippen LogP contribution in [-0.4, -0.2) is 6.21 Å². The van der Waals surface area contributed by atoms with Crippen molar-refractivity contribution < 1.29 is 0 Å². The second-order valence-electron chi connectivity index (χ2n) is 4.09. The standard InChI is InChI=1S/C12H16N4/c1-2-3-7-12(9-14-16-15-12)10-5-4-6-11(13)8-10/h4-6,8-9H,2-3,7,13H2,1H3. The number of unbranched alkanes of at least 4 members (excludes halogenated alkanes) is 1. The molecule has 2 rings (SSSR count). The lowest BCUT2D eigenvalue weighted by atomic mass is 9.87. The average Bonchev–Trinajstić information content (AvgIpc) is 2.76. The molecule has 0 bridgehead atoms. The van der Waals surface area contributed by atoms with Crippen molar-refractivity contribution in [1.29, 1.82) is 0 Å². The van der Waals surface area contributed by atoms with Crippen LogP contribution >= 0.6 is 0 Å². The molecular weight excluding hydrogens is 200 g/mol. The molecule has 1 aromatic carbocycles. The van der Waals surface area contributed by atoms with E-state index in [1.807, 2.05) is 30.5 Å². The highest BCUT2D eigenvalue weighted by Gasteiger charge is 2.32. The molecule has 1 unspecified atom stereocenters. The number of nitrogen functional groups attached to an aromatic ring is 1. The highest BCUT2D eigenvalue weighted by atomic mass is 15.4. The number of nitrogens with zero attached hydrogens (tertiary/aromatic N) is 3. The quantitative estimate of drug-likeness (QED) is 0.772. The zero-order valence-corrected chi connectivity index (χ0v) is 9.43. The van der Waals surface area contributed by atoms with Crippen LogP contribution in [0.25, 0.3) is 0 Å². The van der Waals surface area contributed by atoms with Gasteiger partial charge in [-0.05, 0) is 29.3 Å². The van der Waals surface area contributed by atoms with Crippen molar-refractivity contribution in [2.24, 2.45) is 15.4 Å². The van der Waals surface area contributed by atoms with Gasteiger partial charge in [-0.3, -0.25) is 0 Å². The van der Waals surface area contributed by atoms with Gasteiger partial charge in [-0.25, -0.2) is 0 Å². The third kappa shape index (κ3) is 1.96. The number of benzene rings is 1. The lowest BCUT2D eigenvalue weighted by molar-refractivity contribution is 0.520. The van der Waals surface area contributed by atoms with Crippen LogP contribution in [0.15, 0.2) is 39.7 Å².